The smallest absolute Gasteiger partial charge is 0.335 e. The second-order valence-corrected chi connectivity index (χ2v) is 3.37. The number of halogens is 1. The molecule has 0 bridgehead atoms. The van der Waals surface area contributed by atoms with E-state index in [9.17, 15) is 4.79 Å². The molecule has 0 saturated carbocycles. The third kappa shape index (κ3) is 3.04. The molecule has 0 unspecified atom stereocenters. The predicted molar refractivity (Wildman–Crippen MR) is 57.9 cm³/mol. The summed E-state index contributed by atoms with van der Waals surface area (Å²) in [4.78, 5) is 11.0. The van der Waals surface area contributed by atoms with Crippen LogP contribution >= 0.6 is 11.6 Å². The van der Waals surface area contributed by atoms with Gasteiger partial charge in [0.25, 0.3) is 0 Å². The van der Waals surface area contributed by atoms with Gasteiger partial charge in [-0.1, -0.05) is 6.08 Å². The van der Waals surface area contributed by atoms with Crippen LogP contribution in [0.5, 0.6) is 0 Å². The highest BCUT2D eigenvalue weighted by molar-refractivity contribution is 6.17. The van der Waals surface area contributed by atoms with Crippen molar-refractivity contribution < 1.29 is 4.42 Å². The molecule has 1 heterocycles. The molecule has 0 fully saturated rings. The average Bonchev–Trinajstić information content (AvgIpc) is 2.18. The van der Waals surface area contributed by atoms with Crippen LogP contribution in [0.2, 0.25) is 0 Å². The molecule has 14 heavy (non-hydrogen) atoms. The highest BCUT2D eigenvalue weighted by Gasteiger charge is 2.04. The molecule has 0 radical (unpaired) electrons. The highest BCUT2D eigenvalue weighted by Crippen LogP contribution is 2.10. The van der Waals surface area contributed by atoms with Gasteiger partial charge in [-0.2, -0.15) is 0 Å². The second-order valence-electron chi connectivity index (χ2n) is 2.99. The van der Waals surface area contributed by atoms with E-state index in [-0.39, 0.29) is 5.63 Å². The molecule has 2 nitrogen and oxygen atoms in total. The van der Waals surface area contributed by atoms with Gasteiger partial charge in [0.15, 0.2) is 0 Å². The van der Waals surface area contributed by atoms with Crippen molar-refractivity contribution in [3.8, 4) is 0 Å². The zero-order valence-electron chi connectivity index (χ0n) is 7.96. The van der Waals surface area contributed by atoms with E-state index in [4.69, 9.17) is 16.0 Å². The Labute approximate surface area is 88.2 Å². The fourth-order valence-corrected chi connectivity index (χ4v) is 1.39. The lowest BCUT2D eigenvalue weighted by molar-refractivity contribution is 0.451. The van der Waals surface area contributed by atoms with Gasteiger partial charge in [0.05, 0.1) is 0 Å². The summed E-state index contributed by atoms with van der Waals surface area (Å²) in [5.41, 5.74) is 0.715. The Bertz CT molecular complexity index is 355. The molecule has 0 aromatic carbocycles. The molecule has 0 amide bonds. The lowest BCUT2D eigenvalue weighted by Gasteiger charge is -2.03. The van der Waals surface area contributed by atoms with Crippen LogP contribution < -0.4 is 5.63 Å². The third-order valence-electron chi connectivity index (χ3n) is 1.90. The monoisotopic (exact) mass is 212 g/mol. The molecule has 0 spiro atoms. The Morgan fingerprint density at radius 1 is 1.50 bits per heavy atom. The van der Waals surface area contributed by atoms with E-state index in [0.717, 1.165) is 24.2 Å². The molecule has 3 heteroatoms. The molecule has 1 aromatic heterocycles. The average molecular weight is 213 g/mol. The summed E-state index contributed by atoms with van der Waals surface area (Å²) in [6, 6.07) is 3.22. The van der Waals surface area contributed by atoms with Gasteiger partial charge in [-0.3, -0.25) is 0 Å². The quantitative estimate of drug-likeness (QED) is 0.555. The van der Waals surface area contributed by atoms with E-state index in [1.807, 2.05) is 0 Å². The first-order chi connectivity index (χ1) is 6.77. The first-order valence-electron chi connectivity index (χ1n) is 4.56. The lowest BCUT2D eigenvalue weighted by atomic mass is 10.1. The Hall–Kier alpha value is -1.02. The summed E-state index contributed by atoms with van der Waals surface area (Å²) in [7, 11) is 0. The maximum Gasteiger partial charge on any atom is 0.335 e. The fourth-order valence-electron chi connectivity index (χ4n) is 1.26. The van der Waals surface area contributed by atoms with Crippen LogP contribution in [0.1, 0.15) is 17.7 Å². The molecular weight excluding hydrogens is 200 g/mol. The van der Waals surface area contributed by atoms with Gasteiger partial charge in [0, 0.05) is 18.4 Å². The van der Waals surface area contributed by atoms with E-state index < -0.39 is 0 Å². The van der Waals surface area contributed by atoms with Crippen LogP contribution in [0, 0.1) is 0 Å². The number of hydrogen-bond donors (Lipinski definition) is 0. The maximum absolute atomic E-state index is 11.0. The molecule has 0 aliphatic carbocycles. The maximum atomic E-state index is 11.0. The Morgan fingerprint density at radius 3 is 2.93 bits per heavy atom. The van der Waals surface area contributed by atoms with Gasteiger partial charge in [-0.05, 0) is 24.5 Å². The van der Waals surface area contributed by atoms with Gasteiger partial charge >= 0.3 is 5.63 Å². The Kier molecular flexibility index (Phi) is 4.47. The van der Waals surface area contributed by atoms with Gasteiger partial charge < -0.3 is 4.42 Å². The van der Waals surface area contributed by atoms with Crippen molar-refractivity contribution in [3.63, 3.8) is 0 Å². The minimum Gasteiger partial charge on any atom is -0.428 e. The van der Waals surface area contributed by atoms with Crippen LogP contribution in [-0.4, -0.2) is 5.88 Å². The molecule has 0 N–H and O–H groups in total. The Morgan fingerprint density at radius 2 is 2.29 bits per heavy atom. The fraction of sp³-hybridized carbons (Fsp3) is 0.364. The summed E-state index contributed by atoms with van der Waals surface area (Å²) in [6.07, 6.45) is 4.04. The topological polar surface area (TPSA) is 30.2 Å². The number of alkyl halides is 1. The predicted octanol–water partition coefficient (Wildman–Crippen LogP) is 2.54. The van der Waals surface area contributed by atoms with E-state index in [1.165, 1.54) is 6.07 Å². The molecule has 0 aliphatic rings. The number of aryl methyl sites for hydroxylation is 1. The highest BCUT2D eigenvalue weighted by atomic mass is 35.5. The van der Waals surface area contributed by atoms with E-state index in [1.54, 1.807) is 12.1 Å². The first-order valence-corrected chi connectivity index (χ1v) is 5.10. The van der Waals surface area contributed by atoms with Crippen molar-refractivity contribution in [2.75, 3.05) is 5.88 Å². The summed E-state index contributed by atoms with van der Waals surface area (Å²) >= 11 is 5.58. The molecule has 1 aromatic rings. The standard InChI is InChI=1S/C11H13ClO2/c1-2-4-9-6-7-11(13)14-10(9)5-3-8-12/h2,6-7H,1,3-5,8H2. The van der Waals surface area contributed by atoms with Crippen molar-refractivity contribution in [1.82, 2.24) is 0 Å². The van der Waals surface area contributed by atoms with Crippen LogP contribution in [0.3, 0.4) is 0 Å². The van der Waals surface area contributed by atoms with Crippen molar-refractivity contribution in [3.05, 3.63) is 46.5 Å². The van der Waals surface area contributed by atoms with Gasteiger partial charge in [0.2, 0.25) is 0 Å². The summed E-state index contributed by atoms with van der Waals surface area (Å²) < 4.78 is 5.10. The zero-order chi connectivity index (χ0) is 10.4. The summed E-state index contributed by atoms with van der Waals surface area (Å²) in [5.74, 6) is 1.31. The molecule has 0 aliphatic heterocycles. The number of rotatable bonds is 5. The second kappa shape index (κ2) is 5.66. The summed E-state index contributed by atoms with van der Waals surface area (Å²) in [5, 5.41) is 0. The van der Waals surface area contributed by atoms with E-state index in [2.05, 4.69) is 6.58 Å². The Balaban J connectivity index is 2.90. The molecule has 76 valence electrons. The van der Waals surface area contributed by atoms with Crippen LogP contribution in [0.25, 0.3) is 0 Å². The van der Waals surface area contributed by atoms with Gasteiger partial charge in [-0.25, -0.2) is 4.79 Å². The largest absolute Gasteiger partial charge is 0.428 e. The third-order valence-corrected chi connectivity index (χ3v) is 2.17. The van der Waals surface area contributed by atoms with Crippen molar-refractivity contribution >= 4 is 11.6 Å². The number of allylic oxidation sites excluding steroid dienone is 1. The SMILES string of the molecule is C=CCc1ccc(=O)oc1CCCCl. The lowest BCUT2D eigenvalue weighted by Crippen LogP contribution is -2.03. The zero-order valence-corrected chi connectivity index (χ0v) is 8.72. The minimum atomic E-state index is -0.303. The first kappa shape index (κ1) is 11.1. The summed E-state index contributed by atoms with van der Waals surface area (Å²) in [6.45, 7) is 3.65. The van der Waals surface area contributed by atoms with Crippen LogP contribution in [-0.2, 0) is 12.8 Å². The molecular formula is C11H13ClO2. The molecule has 0 atom stereocenters. The van der Waals surface area contributed by atoms with Crippen LogP contribution in [0.4, 0.5) is 0 Å². The normalized spacial score (nSPS) is 10.1. The van der Waals surface area contributed by atoms with Gasteiger partial charge in [-0.15, -0.1) is 18.2 Å². The molecule has 0 saturated heterocycles. The number of hydrogen-bond acceptors (Lipinski definition) is 2. The van der Waals surface area contributed by atoms with Gasteiger partial charge in [0.1, 0.15) is 5.76 Å². The van der Waals surface area contributed by atoms with E-state index >= 15 is 0 Å². The minimum absolute atomic E-state index is 0.303. The van der Waals surface area contributed by atoms with Crippen molar-refractivity contribution in [2.24, 2.45) is 0 Å². The molecule has 1 rings (SSSR count). The van der Waals surface area contributed by atoms with Crippen LogP contribution in [0.15, 0.2) is 34.0 Å². The van der Waals surface area contributed by atoms with Crippen molar-refractivity contribution in [2.45, 2.75) is 19.3 Å². The van der Waals surface area contributed by atoms with E-state index in [0.29, 0.717) is 12.3 Å². The van der Waals surface area contributed by atoms with Crippen molar-refractivity contribution in [1.29, 1.82) is 0 Å².